The summed E-state index contributed by atoms with van der Waals surface area (Å²) >= 11 is 0. The van der Waals surface area contributed by atoms with Crippen molar-refractivity contribution in [2.24, 2.45) is 0 Å². The third-order valence-corrected chi connectivity index (χ3v) is 16.6. The van der Waals surface area contributed by atoms with Crippen LogP contribution < -0.4 is 19.6 Å². The monoisotopic (exact) mass is 1040 g/mol. The molecule has 0 fully saturated rings. The molecule has 4 heteroatoms. The minimum absolute atomic E-state index is 0.818. The number of hydrogen-bond donors (Lipinski definition) is 0. The average molecular weight is 1040 g/mol. The van der Waals surface area contributed by atoms with Gasteiger partial charge < -0.3 is 19.6 Å². The molecule has 0 amide bonds. The smallest absolute Gasteiger partial charge is 0.0728 e. The Kier molecular flexibility index (Phi) is 12.4. The zero-order chi connectivity index (χ0) is 54.6. The van der Waals surface area contributed by atoms with Gasteiger partial charge in [-0.05, 0) is 247 Å². The summed E-state index contributed by atoms with van der Waals surface area (Å²) in [5.74, 6) is 0. The summed E-state index contributed by atoms with van der Waals surface area (Å²) in [7, 11) is 0. The lowest BCUT2D eigenvalue weighted by molar-refractivity contribution is 0.793. The molecule has 81 heavy (non-hydrogen) atoms. The number of anilines is 11. The molecule has 0 heterocycles. The van der Waals surface area contributed by atoms with Crippen molar-refractivity contribution in [1.29, 1.82) is 0 Å². The zero-order valence-electron chi connectivity index (χ0n) is 46.3. The van der Waals surface area contributed by atoms with Gasteiger partial charge in [-0.3, -0.25) is 0 Å². The summed E-state index contributed by atoms with van der Waals surface area (Å²) in [6.07, 6.45) is 9.05. The number of allylic oxidation sites excluding steroid dienone is 3. The topological polar surface area (TPSA) is 13.0 Å². The fourth-order valence-corrected chi connectivity index (χ4v) is 13.1. The second-order valence-electron chi connectivity index (χ2n) is 22.0. The van der Waals surface area contributed by atoms with Crippen LogP contribution in [0.3, 0.4) is 0 Å². The summed E-state index contributed by atoms with van der Waals surface area (Å²) < 4.78 is 0. The maximum atomic E-state index is 2.54. The van der Waals surface area contributed by atoms with Crippen LogP contribution in [0, 0.1) is 27.7 Å². The van der Waals surface area contributed by atoms with Gasteiger partial charge in [0.25, 0.3) is 0 Å². The minimum Gasteiger partial charge on any atom is -0.311 e. The van der Waals surface area contributed by atoms with Crippen molar-refractivity contribution in [3.63, 3.8) is 0 Å². The van der Waals surface area contributed by atoms with Crippen LogP contribution in [0.25, 0.3) is 22.3 Å². The third kappa shape index (κ3) is 8.63. The van der Waals surface area contributed by atoms with E-state index in [9.17, 15) is 0 Å². The predicted molar refractivity (Wildman–Crippen MR) is 341 cm³/mol. The quantitative estimate of drug-likeness (QED) is 0.121. The first-order valence-corrected chi connectivity index (χ1v) is 28.4. The number of benzene rings is 11. The molecule has 0 unspecified atom stereocenters. The molecule has 0 N–H and O–H groups in total. The summed E-state index contributed by atoms with van der Waals surface area (Å²) in [6, 6.07) is 97.4. The largest absolute Gasteiger partial charge is 0.311 e. The van der Waals surface area contributed by atoms with Gasteiger partial charge in [0.15, 0.2) is 0 Å². The molecule has 390 valence electrons. The molecule has 0 saturated heterocycles. The maximum absolute atomic E-state index is 2.54. The number of aryl methyl sites for hydroxylation is 4. The minimum atomic E-state index is -0.818. The molecule has 0 aliphatic heterocycles. The van der Waals surface area contributed by atoms with Gasteiger partial charge in [-0.15, -0.1) is 0 Å². The Morgan fingerprint density at radius 1 is 0.259 bits per heavy atom. The van der Waals surface area contributed by atoms with Crippen LogP contribution in [-0.4, -0.2) is 0 Å². The highest BCUT2D eigenvalue weighted by Crippen LogP contribution is 2.65. The summed E-state index contributed by atoms with van der Waals surface area (Å²) in [6.45, 7) is 8.75. The maximum Gasteiger partial charge on any atom is 0.0728 e. The Labute approximate surface area is 477 Å². The summed E-state index contributed by atoms with van der Waals surface area (Å²) in [5, 5.41) is 0. The molecular weight excluding hydrogens is 981 g/mol. The van der Waals surface area contributed by atoms with Gasteiger partial charge >= 0.3 is 0 Å². The van der Waals surface area contributed by atoms with E-state index in [1.807, 2.05) is 0 Å². The Morgan fingerprint density at radius 3 is 0.840 bits per heavy atom. The van der Waals surface area contributed by atoms with Gasteiger partial charge in [0, 0.05) is 68.3 Å². The molecule has 0 bridgehead atoms. The molecule has 0 aromatic heterocycles. The Morgan fingerprint density at radius 2 is 0.543 bits per heavy atom. The van der Waals surface area contributed by atoms with Gasteiger partial charge in [0.05, 0.1) is 5.41 Å². The van der Waals surface area contributed by atoms with E-state index in [-0.39, 0.29) is 0 Å². The fraction of sp³-hybridized carbons (Fsp3) is 0.0909. The number of hydrogen-bond acceptors (Lipinski definition) is 4. The van der Waals surface area contributed by atoms with E-state index in [1.165, 1.54) is 72.5 Å². The van der Waals surface area contributed by atoms with Crippen molar-refractivity contribution in [1.82, 2.24) is 0 Å². The van der Waals surface area contributed by atoms with Crippen molar-refractivity contribution < 1.29 is 0 Å². The van der Waals surface area contributed by atoms with Crippen LogP contribution in [-0.2, 0) is 5.41 Å². The highest BCUT2D eigenvalue weighted by Gasteiger charge is 2.53. The first-order valence-electron chi connectivity index (χ1n) is 28.4. The molecule has 3 aliphatic rings. The van der Waals surface area contributed by atoms with Crippen molar-refractivity contribution in [2.75, 3.05) is 19.6 Å². The molecule has 0 atom stereocenters. The molecule has 0 saturated carbocycles. The second kappa shape index (κ2) is 20.4. The molecule has 11 aromatic rings. The SMILES string of the molecule is Cc1cccc(N(C2=CCCC=C2)c2ccc3c(c2)C2(c4cc(N(c5ccccc5)c5cccc(C)c5)ccc4-3)c3cc(N(c4ccccc4)c4cccc(C)c4)ccc3-c3ccc(N(c4ccccc4)c4cccc(C)c4)cc32)c1. The third-order valence-electron chi connectivity index (χ3n) is 16.6. The van der Waals surface area contributed by atoms with E-state index in [4.69, 9.17) is 0 Å². The number of nitrogens with zero attached hydrogens (tertiary/aromatic N) is 4. The number of fused-ring (bicyclic) bond motifs is 10. The molecule has 1 spiro atoms. The Balaban J connectivity index is 1.11. The Bertz CT molecular complexity index is 3970. The van der Waals surface area contributed by atoms with Crippen LogP contribution in [0.2, 0.25) is 0 Å². The van der Waals surface area contributed by atoms with E-state index in [0.29, 0.717) is 0 Å². The molecule has 4 nitrogen and oxygen atoms in total. The standard InChI is InChI=1S/C77H62N4/c1-53-21-17-33-61(45-53)78(57-25-9-5-10-26-57)65-37-41-69-70-42-38-66(79(58-27-11-6-12-28-58)62-34-18-22-54(2)46-62)50-74(70)77(73(69)49-65)75-51-67(80(59-29-13-7-14-30-59)63-35-19-23-55(3)47-63)39-43-71(75)72-44-40-68(52-76(72)77)81(60-31-15-8-16-32-60)64-36-20-24-56(4)48-64/h5-7,9-15,17-52H,8,16H2,1-4H3. The lowest BCUT2D eigenvalue weighted by Crippen LogP contribution is -2.27. The van der Waals surface area contributed by atoms with Gasteiger partial charge in [-0.1, -0.05) is 140 Å². The van der Waals surface area contributed by atoms with Crippen LogP contribution in [0.4, 0.5) is 62.6 Å². The van der Waals surface area contributed by atoms with Gasteiger partial charge in [-0.25, -0.2) is 0 Å². The van der Waals surface area contributed by atoms with E-state index in [2.05, 4.69) is 326 Å². The van der Waals surface area contributed by atoms with Crippen LogP contribution in [0.15, 0.2) is 285 Å². The van der Waals surface area contributed by atoms with Crippen LogP contribution >= 0.6 is 0 Å². The van der Waals surface area contributed by atoms with Crippen LogP contribution in [0.5, 0.6) is 0 Å². The van der Waals surface area contributed by atoms with Gasteiger partial charge in [0.2, 0.25) is 0 Å². The molecule has 14 rings (SSSR count). The van der Waals surface area contributed by atoms with E-state index in [1.54, 1.807) is 0 Å². The summed E-state index contributed by atoms with van der Waals surface area (Å²) in [5.41, 5.74) is 27.3. The van der Waals surface area contributed by atoms with E-state index < -0.39 is 5.41 Å². The first kappa shape index (κ1) is 49.4. The first-order chi connectivity index (χ1) is 39.8. The van der Waals surface area contributed by atoms with E-state index >= 15 is 0 Å². The van der Waals surface area contributed by atoms with Crippen molar-refractivity contribution in [2.45, 2.75) is 46.0 Å². The van der Waals surface area contributed by atoms with Crippen molar-refractivity contribution >= 4 is 62.6 Å². The van der Waals surface area contributed by atoms with E-state index in [0.717, 1.165) is 75.4 Å². The number of para-hydroxylation sites is 3. The molecule has 0 radical (unpaired) electrons. The molecule has 3 aliphatic carbocycles. The lowest BCUT2D eigenvalue weighted by Gasteiger charge is -2.35. The average Bonchev–Trinajstić information content (AvgIpc) is 2.41. The molecular formula is C77H62N4. The second-order valence-corrected chi connectivity index (χ2v) is 22.0. The van der Waals surface area contributed by atoms with Crippen molar-refractivity contribution in [3.05, 3.63) is 329 Å². The van der Waals surface area contributed by atoms with Crippen LogP contribution in [0.1, 0.15) is 57.3 Å². The highest BCUT2D eigenvalue weighted by atomic mass is 15.2. The predicted octanol–water partition coefficient (Wildman–Crippen LogP) is 21.0. The normalized spacial score (nSPS) is 13.2. The highest BCUT2D eigenvalue weighted by molar-refractivity contribution is 6.00. The Hall–Kier alpha value is -9.90. The fourth-order valence-electron chi connectivity index (χ4n) is 13.1. The van der Waals surface area contributed by atoms with Gasteiger partial charge in [0.1, 0.15) is 0 Å². The lowest BCUT2D eigenvalue weighted by atomic mass is 9.70. The number of rotatable bonds is 12. The summed E-state index contributed by atoms with van der Waals surface area (Å²) in [4.78, 5) is 9.78. The van der Waals surface area contributed by atoms with Gasteiger partial charge in [-0.2, -0.15) is 0 Å². The zero-order valence-corrected chi connectivity index (χ0v) is 46.3. The van der Waals surface area contributed by atoms with Crippen molar-refractivity contribution in [3.8, 4) is 22.3 Å². The molecule has 11 aromatic carbocycles.